The van der Waals surface area contributed by atoms with Crippen molar-refractivity contribution in [3.8, 4) is 43.7 Å². The lowest BCUT2D eigenvalue weighted by molar-refractivity contribution is 0.104. The van der Waals surface area contributed by atoms with Crippen LogP contribution >= 0.6 is 22.7 Å². The molecule has 0 unspecified atom stereocenters. The molecule has 0 N–H and O–H groups in total. The van der Waals surface area contributed by atoms with Crippen LogP contribution < -0.4 is 0 Å². The summed E-state index contributed by atoms with van der Waals surface area (Å²) in [4.78, 5) is 24.7. The molecule has 4 aromatic carbocycles. The van der Waals surface area contributed by atoms with Gasteiger partial charge in [0.25, 0.3) is 0 Å². The van der Waals surface area contributed by atoms with Crippen molar-refractivity contribution in [1.82, 2.24) is 9.97 Å². The van der Waals surface area contributed by atoms with Crippen molar-refractivity contribution >= 4 is 28.5 Å². The van der Waals surface area contributed by atoms with Gasteiger partial charge in [0.05, 0.1) is 11.4 Å². The summed E-state index contributed by atoms with van der Waals surface area (Å²) in [5, 5.41) is 1.37. The minimum atomic E-state index is -0.367. The Hall–Kier alpha value is -4.33. The molecule has 184 valence electrons. The summed E-state index contributed by atoms with van der Waals surface area (Å²) in [6.45, 7) is 0. The van der Waals surface area contributed by atoms with E-state index in [0.29, 0.717) is 42.3 Å². The Balaban J connectivity index is 1.53. The van der Waals surface area contributed by atoms with Crippen molar-refractivity contribution in [2.24, 2.45) is 0 Å². The van der Waals surface area contributed by atoms with E-state index in [1.54, 1.807) is 24.3 Å². The summed E-state index contributed by atoms with van der Waals surface area (Å²) in [6, 6.07) is 31.2. The van der Waals surface area contributed by atoms with Gasteiger partial charge in [-0.25, -0.2) is 18.7 Å². The second kappa shape index (κ2) is 10.2. The molecule has 0 spiro atoms. The van der Waals surface area contributed by atoms with Crippen LogP contribution in [0.5, 0.6) is 0 Å². The Morgan fingerprint density at radius 1 is 0.500 bits per heavy atom. The van der Waals surface area contributed by atoms with Crippen molar-refractivity contribution < 1.29 is 13.6 Å². The molecule has 7 heteroatoms. The molecule has 2 heterocycles. The number of hydrogen-bond donors (Lipinski definition) is 0. The largest absolute Gasteiger partial charge is 0.287 e. The number of aromatic nitrogens is 2. The van der Waals surface area contributed by atoms with Crippen LogP contribution in [0.25, 0.3) is 43.7 Å². The van der Waals surface area contributed by atoms with Gasteiger partial charge < -0.3 is 0 Å². The van der Waals surface area contributed by atoms with E-state index in [9.17, 15) is 13.6 Å². The van der Waals surface area contributed by atoms with E-state index in [0.717, 1.165) is 11.1 Å². The third-order valence-corrected chi connectivity index (χ3v) is 8.15. The Bertz CT molecular complexity index is 1600. The number of thiazole rings is 2. The summed E-state index contributed by atoms with van der Waals surface area (Å²) >= 11 is 2.58. The first kappa shape index (κ1) is 24.0. The number of nitrogens with zero attached hydrogens (tertiary/aromatic N) is 2. The predicted octanol–water partition coefficient (Wildman–Crippen LogP) is 8.78. The summed E-state index contributed by atoms with van der Waals surface area (Å²) < 4.78 is 27.4. The molecule has 0 radical (unpaired) electrons. The van der Waals surface area contributed by atoms with Gasteiger partial charge in [0.2, 0.25) is 5.78 Å². The maximum Gasteiger partial charge on any atom is 0.217 e. The molecule has 6 rings (SSSR count). The number of carbonyl (C=O) groups excluding carboxylic acids is 1. The minimum Gasteiger partial charge on any atom is -0.287 e. The van der Waals surface area contributed by atoms with Crippen molar-refractivity contribution in [2.75, 3.05) is 0 Å². The number of ketones is 1. The fourth-order valence-corrected chi connectivity index (χ4v) is 6.21. The number of hydrogen-bond acceptors (Lipinski definition) is 5. The molecule has 0 bridgehead atoms. The van der Waals surface area contributed by atoms with E-state index in [4.69, 9.17) is 9.97 Å². The van der Waals surface area contributed by atoms with Crippen LogP contribution in [0.15, 0.2) is 109 Å². The number of benzene rings is 4. The van der Waals surface area contributed by atoms with Gasteiger partial charge in [-0.2, -0.15) is 0 Å². The van der Waals surface area contributed by atoms with Gasteiger partial charge >= 0.3 is 0 Å². The van der Waals surface area contributed by atoms with Gasteiger partial charge in [-0.1, -0.05) is 60.7 Å². The first-order valence-corrected chi connectivity index (χ1v) is 13.4. The lowest BCUT2D eigenvalue weighted by atomic mass is 10.1. The standard InChI is InChI=1S/C31H18F2N2OS2/c32-23-15-11-19(12-16-23)25-28(37-30(34-25)21-7-3-1-4-8-21)27(36)29-26(20-13-17-24(33)18-14-20)35-31(38-29)22-9-5-2-6-10-22/h1-18H. The van der Waals surface area contributed by atoms with Crippen LogP contribution in [-0.4, -0.2) is 15.8 Å². The highest BCUT2D eigenvalue weighted by atomic mass is 32.1. The Kier molecular flexibility index (Phi) is 6.45. The summed E-state index contributed by atoms with van der Waals surface area (Å²) in [5.74, 6) is -0.967. The average Bonchev–Trinajstić information content (AvgIpc) is 3.61. The molecular weight excluding hydrogens is 518 g/mol. The quantitative estimate of drug-likeness (QED) is 0.200. The van der Waals surface area contributed by atoms with Gasteiger partial charge in [-0.3, -0.25) is 4.79 Å². The summed E-state index contributed by atoms with van der Waals surface area (Å²) in [6.07, 6.45) is 0. The lowest BCUT2D eigenvalue weighted by Crippen LogP contribution is -2.01. The normalized spacial score (nSPS) is 11.0. The summed E-state index contributed by atoms with van der Waals surface area (Å²) in [5.41, 5.74) is 4.02. The molecule has 6 aromatic rings. The van der Waals surface area contributed by atoms with Crippen LogP contribution in [0.3, 0.4) is 0 Å². The molecule has 0 fully saturated rings. The lowest BCUT2D eigenvalue weighted by Gasteiger charge is -2.04. The topological polar surface area (TPSA) is 42.9 Å². The third kappa shape index (κ3) is 4.69. The molecule has 0 saturated heterocycles. The van der Waals surface area contributed by atoms with E-state index >= 15 is 0 Å². The Labute approximate surface area is 225 Å². The third-order valence-electron chi connectivity index (χ3n) is 5.94. The minimum absolute atomic E-state index is 0.233. The van der Waals surface area contributed by atoms with Gasteiger partial charge in [0.15, 0.2) is 0 Å². The van der Waals surface area contributed by atoms with Gasteiger partial charge in [-0.15, -0.1) is 22.7 Å². The average molecular weight is 537 g/mol. The van der Waals surface area contributed by atoms with Crippen LogP contribution in [0.4, 0.5) is 8.78 Å². The van der Waals surface area contributed by atoms with E-state index in [-0.39, 0.29) is 17.4 Å². The smallest absolute Gasteiger partial charge is 0.217 e. The molecule has 0 aliphatic heterocycles. The van der Waals surface area contributed by atoms with E-state index in [1.807, 2.05) is 60.7 Å². The maximum absolute atomic E-state index is 14.3. The molecule has 3 nitrogen and oxygen atoms in total. The van der Waals surface area contributed by atoms with Crippen molar-refractivity contribution in [3.63, 3.8) is 0 Å². The first-order chi connectivity index (χ1) is 18.6. The molecular formula is C31H18F2N2OS2. The van der Waals surface area contributed by atoms with Gasteiger partial charge in [-0.05, 0) is 48.5 Å². The van der Waals surface area contributed by atoms with E-state index in [2.05, 4.69) is 0 Å². The zero-order chi connectivity index (χ0) is 26.1. The van der Waals surface area contributed by atoms with Crippen molar-refractivity contribution in [2.45, 2.75) is 0 Å². The second-order valence-electron chi connectivity index (χ2n) is 8.47. The monoisotopic (exact) mass is 536 g/mol. The molecule has 38 heavy (non-hydrogen) atoms. The molecule has 0 amide bonds. The molecule has 0 atom stereocenters. The molecule has 0 saturated carbocycles. The molecule has 0 aliphatic rings. The highest BCUT2D eigenvalue weighted by Gasteiger charge is 2.27. The summed E-state index contributed by atoms with van der Waals surface area (Å²) in [7, 11) is 0. The van der Waals surface area contributed by atoms with Crippen LogP contribution in [0.2, 0.25) is 0 Å². The van der Waals surface area contributed by atoms with E-state index in [1.165, 1.54) is 46.9 Å². The predicted molar refractivity (Wildman–Crippen MR) is 149 cm³/mol. The Morgan fingerprint density at radius 2 is 0.868 bits per heavy atom. The SMILES string of the molecule is O=C(c1sc(-c2ccccc2)nc1-c1ccc(F)cc1)c1sc(-c2ccccc2)nc1-c1ccc(F)cc1. The number of carbonyl (C=O) groups is 1. The number of rotatable bonds is 6. The van der Waals surface area contributed by atoms with Crippen molar-refractivity contribution in [3.05, 3.63) is 131 Å². The van der Waals surface area contributed by atoms with Crippen molar-refractivity contribution in [1.29, 1.82) is 0 Å². The maximum atomic E-state index is 14.3. The Morgan fingerprint density at radius 3 is 1.24 bits per heavy atom. The zero-order valence-electron chi connectivity index (χ0n) is 19.8. The van der Waals surface area contributed by atoms with E-state index < -0.39 is 0 Å². The van der Waals surface area contributed by atoms with Gasteiger partial charge in [0.1, 0.15) is 31.4 Å². The highest BCUT2D eigenvalue weighted by molar-refractivity contribution is 7.21. The fourth-order valence-electron chi connectivity index (χ4n) is 4.07. The van der Waals surface area contributed by atoms with Crippen LogP contribution in [0.1, 0.15) is 14.5 Å². The zero-order valence-corrected chi connectivity index (χ0v) is 21.4. The molecule has 0 aliphatic carbocycles. The fraction of sp³-hybridized carbons (Fsp3) is 0. The molecule has 2 aromatic heterocycles. The number of halogens is 2. The van der Waals surface area contributed by atoms with Crippen LogP contribution in [-0.2, 0) is 0 Å². The van der Waals surface area contributed by atoms with Gasteiger partial charge in [0, 0.05) is 22.3 Å². The second-order valence-corrected chi connectivity index (χ2v) is 10.5. The first-order valence-electron chi connectivity index (χ1n) is 11.8. The van der Waals surface area contributed by atoms with Crippen LogP contribution in [0, 0.1) is 11.6 Å². The highest BCUT2D eigenvalue weighted by Crippen LogP contribution is 2.40.